The maximum absolute atomic E-state index is 13.4. The Morgan fingerprint density at radius 1 is 1.53 bits per heavy atom. The molecule has 0 bridgehead atoms. The van der Waals surface area contributed by atoms with E-state index < -0.39 is 0 Å². The summed E-state index contributed by atoms with van der Waals surface area (Å²) in [6.45, 7) is 7.20. The van der Waals surface area contributed by atoms with Gasteiger partial charge < -0.3 is 0 Å². The topological polar surface area (TPSA) is 3.24 Å². The minimum atomic E-state index is -0.0905. The number of nitrogens with zero attached hydrogens (tertiary/aromatic N) is 1. The van der Waals surface area contributed by atoms with Gasteiger partial charge in [0, 0.05) is 17.5 Å². The van der Waals surface area contributed by atoms with Gasteiger partial charge in [0.2, 0.25) is 0 Å². The summed E-state index contributed by atoms with van der Waals surface area (Å²) >= 11 is 1.70. The van der Waals surface area contributed by atoms with Gasteiger partial charge in [-0.05, 0) is 49.4 Å². The van der Waals surface area contributed by atoms with Crippen LogP contribution in [0, 0.1) is 12.7 Å². The molecule has 2 rings (SSSR count). The summed E-state index contributed by atoms with van der Waals surface area (Å²) in [7, 11) is 0. The molecule has 0 aromatic heterocycles. The number of halogens is 1. The largest absolute Gasteiger partial charge is 0.239 e. The van der Waals surface area contributed by atoms with E-state index in [1.807, 2.05) is 13.0 Å². The highest BCUT2D eigenvalue weighted by Crippen LogP contribution is 2.40. The Kier molecular flexibility index (Phi) is 3.03. The van der Waals surface area contributed by atoms with E-state index in [4.69, 9.17) is 0 Å². The fourth-order valence-corrected chi connectivity index (χ4v) is 2.99. The first-order chi connectivity index (χ1) is 7.13. The number of fused-ring (bicyclic) bond motifs is 1. The van der Waals surface area contributed by atoms with Crippen LogP contribution in [-0.2, 0) is 6.54 Å². The fourth-order valence-electron chi connectivity index (χ4n) is 1.74. The second-order valence-corrected chi connectivity index (χ2v) is 5.14. The van der Waals surface area contributed by atoms with Gasteiger partial charge in [0.25, 0.3) is 0 Å². The highest BCUT2D eigenvalue weighted by Gasteiger charge is 2.25. The zero-order valence-electron chi connectivity index (χ0n) is 9.38. The molecule has 1 aromatic carbocycles. The van der Waals surface area contributed by atoms with E-state index in [2.05, 4.69) is 18.2 Å². The van der Waals surface area contributed by atoms with Crippen LogP contribution in [0.2, 0.25) is 0 Å². The van der Waals surface area contributed by atoms with E-state index in [0.717, 1.165) is 23.4 Å². The molecule has 0 amide bonds. The first-order valence-corrected chi connectivity index (χ1v) is 6.13. The molecule has 0 saturated carbocycles. The Labute approximate surface area is 94.8 Å². The van der Waals surface area contributed by atoms with E-state index in [1.54, 1.807) is 18.0 Å². The minimum absolute atomic E-state index is 0.0905. The SMILES string of the molecule is CCC(C)N1Cc2ccc(F)c(C)c2S1. The molecule has 1 atom stereocenters. The van der Waals surface area contributed by atoms with Crippen LogP contribution in [0.4, 0.5) is 4.39 Å². The normalized spacial score (nSPS) is 17.9. The Hall–Kier alpha value is -0.540. The van der Waals surface area contributed by atoms with Crippen molar-refractivity contribution in [1.29, 1.82) is 0 Å². The maximum Gasteiger partial charge on any atom is 0.127 e. The van der Waals surface area contributed by atoms with Crippen LogP contribution >= 0.6 is 11.9 Å². The lowest BCUT2D eigenvalue weighted by atomic mass is 10.1. The summed E-state index contributed by atoms with van der Waals surface area (Å²) in [5.41, 5.74) is 2.06. The minimum Gasteiger partial charge on any atom is -0.239 e. The molecular weight excluding hydrogens is 209 g/mol. The molecule has 1 aromatic rings. The summed E-state index contributed by atoms with van der Waals surface area (Å²) in [4.78, 5) is 1.12. The molecule has 1 aliphatic heterocycles. The van der Waals surface area contributed by atoms with Crippen LogP contribution in [0.5, 0.6) is 0 Å². The zero-order valence-corrected chi connectivity index (χ0v) is 10.2. The molecule has 0 N–H and O–H groups in total. The molecule has 0 aliphatic carbocycles. The van der Waals surface area contributed by atoms with Gasteiger partial charge in [-0.15, -0.1) is 0 Å². The van der Waals surface area contributed by atoms with Crippen molar-refractivity contribution in [3.63, 3.8) is 0 Å². The van der Waals surface area contributed by atoms with Gasteiger partial charge in [0.1, 0.15) is 5.82 Å². The summed E-state index contributed by atoms with van der Waals surface area (Å²) in [6.07, 6.45) is 1.13. The van der Waals surface area contributed by atoms with Crippen molar-refractivity contribution in [1.82, 2.24) is 4.31 Å². The van der Waals surface area contributed by atoms with E-state index in [1.165, 1.54) is 5.56 Å². The second kappa shape index (κ2) is 4.14. The van der Waals surface area contributed by atoms with Crippen molar-refractivity contribution in [3.05, 3.63) is 29.1 Å². The number of hydrogen-bond donors (Lipinski definition) is 0. The van der Waals surface area contributed by atoms with E-state index >= 15 is 0 Å². The van der Waals surface area contributed by atoms with Crippen molar-refractivity contribution in [2.24, 2.45) is 0 Å². The lowest BCUT2D eigenvalue weighted by Crippen LogP contribution is -2.21. The van der Waals surface area contributed by atoms with Gasteiger partial charge in [0.05, 0.1) is 0 Å². The molecule has 1 aliphatic rings. The lowest BCUT2D eigenvalue weighted by molar-refractivity contribution is 0.367. The highest BCUT2D eigenvalue weighted by atomic mass is 32.2. The third-order valence-electron chi connectivity index (χ3n) is 3.04. The Balaban J connectivity index is 2.27. The third kappa shape index (κ3) is 1.91. The zero-order chi connectivity index (χ0) is 11.0. The van der Waals surface area contributed by atoms with Crippen molar-refractivity contribution in [3.8, 4) is 0 Å². The molecule has 0 saturated heterocycles. The van der Waals surface area contributed by atoms with Gasteiger partial charge in [-0.2, -0.15) is 0 Å². The Morgan fingerprint density at radius 2 is 2.27 bits per heavy atom. The molecule has 1 heterocycles. The number of hydrogen-bond acceptors (Lipinski definition) is 2. The molecule has 82 valence electrons. The molecule has 0 fully saturated rings. The third-order valence-corrected chi connectivity index (χ3v) is 4.51. The Morgan fingerprint density at radius 3 is 2.93 bits per heavy atom. The Bertz CT molecular complexity index is 378. The molecule has 3 heteroatoms. The molecule has 1 unspecified atom stereocenters. The fraction of sp³-hybridized carbons (Fsp3) is 0.500. The first kappa shape index (κ1) is 11.0. The molecule has 1 nitrogen and oxygen atoms in total. The van der Waals surface area contributed by atoms with Crippen LogP contribution in [0.1, 0.15) is 31.4 Å². The summed E-state index contributed by atoms with van der Waals surface area (Å²) in [6, 6.07) is 4.03. The van der Waals surface area contributed by atoms with Gasteiger partial charge in [-0.25, -0.2) is 8.70 Å². The maximum atomic E-state index is 13.4. The smallest absolute Gasteiger partial charge is 0.127 e. The monoisotopic (exact) mass is 225 g/mol. The van der Waals surface area contributed by atoms with Crippen LogP contribution in [0.15, 0.2) is 17.0 Å². The van der Waals surface area contributed by atoms with Crippen LogP contribution in [-0.4, -0.2) is 10.3 Å². The molecule has 0 spiro atoms. The van der Waals surface area contributed by atoms with Crippen molar-refractivity contribution < 1.29 is 4.39 Å². The van der Waals surface area contributed by atoms with Gasteiger partial charge >= 0.3 is 0 Å². The van der Waals surface area contributed by atoms with E-state index in [9.17, 15) is 4.39 Å². The van der Waals surface area contributed by atoms with Gasteiger partial charge in [-0.1, -0.05) is 13.0 Å². The summed E-state index contributed by atoms with van der Waals surface area (Å²) in [5, 5.41) is 0. The van der Waals surface area contributed by atoms with E-state index in [-0.39, 0.29) is 5.82 Å². The van der Waals surface area contributed by atoms with Crippen molar-refractivity contribution >= 4 is 11.9 Å². The first-order valence-electron chi connectivity index (χ1n) is 5.36. The van der Waals surface area contributed by atoms with Gasteiger partial charge in [0.15, 0.2) is 0 Å². The number of rotatable bonds is 2. The predicted molar refractivity (Wildman–Crippen MR) is 62.3 cm³/mol. The van der Waals surface area contributed by atoms with Crippen LogP contribution < -0.4 is 0 Å². The quantitative estimate of drug-likeness (QED) is 0.705. The standard InChI is InChI=1S/C12H16FNS/c1-4-8(2)14-7-10-5-6-11(13)9(3)12(10)15-14/h5-6,8H,4,7H2,1-3H3. The van der Waals surface area contributed by atoms with Crippen LogP contribution in [0.25, 0.3) is 0 Å². The second-order valence-electron chi connectivity index (χ2n) is 4.08. The molecular formula is C12H16FNS. The van der Waals surface area contributed by atoms with E-state index in [0.29, 0.717) is 6.04 Å². The van der Waals surface area contributed by atoms with Crippen LogP contribution in [0.3, 0.4) is 0 Å². The average molecular weight is 225 g/mol. The number of benzene rings is 1. The molecule has 15 heavy (non-hydrogen) atoms. The lowest BCUT2D eigenvalue weighted by Gasteiger charge is -2.20. The van der Waals surface area contributed by atoms with Crippen molar-refractivity contribution in [2.75, 3.05) is 0 Å². The highest BCUT2D eigenvalue weighted by molar-refractivity contribution is 7.97. The average Bonchev–Trinajstić information content (AvgIpc) is 2.67. The summed E-state index contributed by atoms with van der Waals surface area (Å²) < 4.78 is 15.7. The molecule has 0 radical (unpaired) electrons. The predicted octanol–water partition coefficient (Wildman–Crippen LogP) is 3.76. The van der Waals surface area contributed by atoms with Crippen molar-refractivity contribution in [2.45, 2.75) is 44.7 Å². The van der Waals surface area contributed by atoms with Gasteiger partial charge in [-0.3, -0.25) is 0 Å². The summed E-state index contributed by atoms with van der Waals surface area (Å²) in [5.74, 6) is -0.0905.